The molecule has 7 heteroatoms. The Morgan fingerprint density at radius 2 is 1.61 bits per heavy atom. The number of carbonyl (C=O) groups excluding carboxylic acids is 1. The maximum atomic E-state index is 13.3. The van der Waals surface area contributed by atoms with E-state index in [0.717, 1.165) is 15.6 Å². The number of amidine groups is 1. The van der Waals surface area contributed by atoms with Gasteiger partial charge in [-0.25, -0.2) is 0 Å². The smallest absolute Gasteiger partial charge is 0.267 e. The molecule has 1 saturated heterocycles. The van der Waals surface area contributed by atoms with Crippen LogP contribution in [0.1, 0.15) is 16.7 Å². The number of aliphatic imine (C=N–C) groups is 1. The molecule has 1 aliphatic heterocycles. The summed E-state index contributed by atoms with van der Waals surface area (Å²) in [5, 5.41) is 11.1. The standard InChI is InChI=1S/C24H18Br2N2O2S/c25-19-11-18(22(29)20(26)13-19)12-21-23(30)28(15-17-9-5-2-6-10-17)24(31-21)27-14-16-7-3-1-4-8-16/h1-13,29H,14-15H2/b21-12-,27-24?. The van der Waals surface area contributed by atoms with Gasteiger partial charge in [0.2, 0.25) is 0 Å². The minimum absolute atomic E-state index is 0.0911. The largest absolute Gasteiger partial charge is 0.506 e. The fourth-order valence-electron chi connectivity index (χ4n) is 3.11. The minimum atomic E-state index is -0.129. The Kier molecular flexibility index (Phi) is 6.95. The molecule has 3 aromatic rings. The maximum absolute atomic E-state index is 13.3. The first-order chi connectivity index (χ1) is 15.0. The van der Waals surface area contributed by atoms with Crippen LogP contribution in [0.4, 0.5) is 0 Å². The summed E-state index contributed by atoms with van der Waals surface area (Å²) in [7, 11) is 0. The number of aromatic hydroxyl groups is 1. The van der Waals surface area contributed by atoms with Crippen LogP contribution in [0.3, 0.4) is 0 Å². The van der Waals surface area contributed by atoms with Crippen molar-refractivity contribution in [1.82, 2.24) is 4.90 Å². The Bertz CT molecular complexity index is 1160. The molecule has 1 amide bonds. The van der Waals surface area contributed by atoms with Crippen molar-refractivity contribution in [2.45, 2.75) is 13.1 Å². The second-order valence-corrected chi connectivity index (χ2v) is 9.68. The van der Waals surface area contributed by atoms with Gasteiger partial charge in [-0.2, -0.15) is 0 Å². The lowest BCUT2D eigenvalue weighted by molar-refractivity contribution is -0.122. The third-order valence-electron chi connectivity index (χ3n) is 4.66. The number of phenols is 1. The third-order valence-corrected chi connectivity index (χ3v) is 6.76. The maximum Gasteiger partial charge on any atom is 0.267 e. The Balaban J connectivity index is 1.68. The van der Waals surface area contributed by atoms with Crippen molar-refractivity contribution in [3.05, 3.63) is 103 Å². The first-order valence-corrected chi connectivity index (χ1v) is 11.9. The van der Waals surface area contributed by atoms with Crippen LogP contribution in [0, 0.1) is 0 Å². The van der Waals surface area contributed by atoms with E-state index in [0.29, 0.717) is 33.2 Å². The third kappa shape index (κ3) is 5.29. The molecule has 1 heterocycles. The van der Waals surface area contributed by atoms with Crippen molar-refractivity contribution in [3.63, 3.8) is 0 Å². The van der Waals surface area contributed by atoms with Gasteiger partial charge in [0, 0.05) is 10.0 Å². The quantitative estimate of drug-likeness (QED) is 0.360. The number of hydrogen-bond donors (Lipinski definition) is 1. The highest BCUT2D eigenvalue weighted by Crippen LogP contribution is 2.38. The van der Waals surface area contributed by atoms with Crippen molar-refractivity contribution in [2.24, 2.45) is 4.99 Å². The van der Waals surface area contributed by atoms with Gasteiger partial charge in [-0.1, -0.05) is 76.6 Å². The van der Waals surface area contributed by atoms with E-state index in [9.17, 15) is 9.90 Å². The molecule has 0 spiro atoms. The summed E-state index contributed by atoms with van der Waals surface area (Å²) in [5.74, 6) is -0.0375. The number of hydrogen-bond acceptors (Lipinski definition) is 4. The Labute approximate surface area is 202 Å². The first-order valence-electron chi connectivity index (χ1n) is 9.53. The highest BCUT2D eigenvalue weighted by atomic mass is 79.9. The molecule has 4 nitrogen and oxygen atoms in total. The monoisotopic (exact) mass is 556 g/mol. The van der Waals surface area contributed by atoms with E-state index in [4.69, 9.17) is 4.99 Å². The predicted molar refractivity (Wildman–Crippen MR) is 134 cm³/mol. The molecular weight excluding hydrogens is 540 g/mol. The number of benzene rings is 3. The molecule has 0 bridgehead atoms. The number of nitrogens with zero attached hydrogens (tertiary/aromatic N) is 2. The minimum Gasteiger partial charge on any atom is -0.506 e. The van der Waals surface area contributed by atoms with Crippen LogP contribution in [-0.2, 0) is 17.9 Å². The summed E-state index contributed by atoms with van der Waals surface area (Å²) in [6, 6.07) is 23.3. The predicted octanol–water partition coefficient (Wildman–Crippen LogP) is 6.59. The molecule has 0 radical (unpaired) electrons. The fraction of sp³-hybridized carbons (Fsp3) is 0.0833. The molecule has 0 atom stereocenters. The number of phenolic OH excluding ortho intramolecular Hbond substituents is 1. The van der Waals surface area contributed by atoms with Crippen molar-refractivity contribution >= 4 is 60.8 Å². The molecule has 0 aliphatic carbocycles. The SMILES string of the molecule is O=C1/C(=C/c2cc(Br)cc(Br)c2O)SC(=NCc2ccccc2)N1Cc1ccccc1. The molecule has 1 N–H and O–H groups in total. The van der Waals surface area contributed by atoms with Crippen LogP contribution in [-0.4, -0.2) is 21.1 Å². The zero-order chi connectivity index (χ0) is 21.8. The molecule has 156 valence electrons. The normalized spacial score (nSPS) is 16.5. The molecule has 31 heavy (non-hydrogen) atoms. The van der Waals surface area contributed by atoms with Crippen LogP contribution in [0.15, 0.2) is 91.6 Å². The summed E-state index contributed by atoms with van der Waals surface area (Å²) in [6.45, 7) is 0.925. The van der Waals surface area contributed by atoms with Crippen LogP contribution in [0.5, 0.6) is 5.75 Å². The van der Waals surface area contributed by atoms with E-state index in [1.54, 1.807) is 23.1 Å². The molecule has 0 unspecified atom stereocenters. The molecule has 3 aromatic carbocycles. The number of amides is 1. The molecule has 0 aromatic heterocycles. The fourth-order valence-corrected chi connectivity index (χ4v) is 5.34. The first kappa shape index (κ1) is 21.9. The molecular formula is C24H18Br2N2O2S. The zero-order valence-electron chi connectivity index (χ0n) is 16.3. The Morgan fingerprint density at radius 1 is 0.968 bits per heavy atom. The van der Waals surface area contributed by atoms with E-state index in [2.05, 4.69) is 31.9 Å². The Hall–Kier alpha value is -2.35. The van der Waals surface area contributed by atoms with Crippen molar-refractivity contribution < 1.29 is 9.90 Å². The Morgan fingerprint density at radius 3 is 2.29 bits per heavy atom. The summed E-state index contributed by atoms with van der Waals surface area (Å²) < 4.78 is 1.36. The highest BCUT2D eigenvalue weighted by molar-refractivity contribution is 9.11. The van der Waals surface area contributed by atoms with E-state index in [1.165, 1.54) is 11.8 Å². The van der Waals surface area contributed by atoms with Crippen LogP contribution >= 0.6 is 43.6 Å². The summed E-state index contributed by atoms with van der Waals surface area (Å²) in [5.41, 5.74) is 2.66. The molecule has 1 fully saturated rings. The van der Waals surface area contributed by atoms with E-state index < -0.39 is 0 Å². The summed E-state index contributed by atoms with van der Waals surface area (Å²) in [4.78, 5) is 20.2. The highest BCUT2D eigenvalue weighted by Gasteiger charge is 2.33. The van der Waals surface area contributed by atoms with Gasteiger partial charge in [0.05, 0.1) is 22.5 Å². The number of halogens is 2. The molecule has 4 rings (SSSR count). The number of thioether (sulfide) groups is 1. The van der Waals surface area contributed by atoms with Crippen LogP contribution < -0.4 is 0 Å². The van der Waals surface area contributed by atoms with E-state index in [1.807, 2.05) is 60.7 Å². The van der Waals surface area contributed by atoms with Gasteiger partial charge < -0.3 is 5.11 Å². The second kappa shape index (κ2) is 9.85. The number of carbonyl (C=O) groups is 1. The van der Waals surface area contributed by atoms with Gasteiger partial charge in [-0.05, 0) is 57.0 Å². The zero-order valence-corrected chi connectivity index (χ0v) is 20.3. The van der Waals surface area contributed by atoms with Gasteiger partial charge >= 0.3 is 0 Å². The second-order valence-electron chi connectivity index (χ2n) is 6.90. The van der Waals surface area contributed by atoms with Gasteiger partial charge in [0.15, 0.2) is 5.17 Å². The number of rotatable bonds is 5. The lowest BCUT2D eigenvalue weighted by atomic mass is 10.2. The van der Waals surface area contributed by atoms with Crippen LogP contribution in [0.25, 0.3) is 6.08 Å². The van der Waals surface area contributed by atoms with E-state index in [-0.39, 0.29) is 11.7 Å². The summed E-state index contributed by atoms with van der Waals surface area (Å²) in [6.07, 6.45) is 1.71. The van der Waals surface area contributed by atoms with Gasteiger partial charge in [-0.3, -0.25) is 14.7 Å². The molecule has 1 aliphatic rings. The molecule has 0 saturated carbocycles. The lowest BCUT2D eigenvalue weighted by Gasteiger charge is -2.15. The van der Waals surface area contributed by atoms with Crippen molar-refractivity contribution in [3.8, 4) is 5.75 Å². The van der Waals surface area contributed by atoms with E-state index >= 15 is 0 Å². The van der Waals surface area contributed by atoms with Gasteiger partial charge in [0.1, 0.15) is 5.75 Å². The van der Waals surface area contributed by atoms with Crippen molar-refractivity contribution in [1.29, 1.82) is 0 Å². The van der Waals surface area contributed by atoms with Gasteiger partial charge in [0.25, 0.3) is 5.91 Å². The lowest BCUT2D eigenvalue weighted by Crippen LogP contribution is -2.28. The van der Waals surface area contributed by atoms with Gasteiger partial charge in [-0.15, -0.1) is 0 Å². The summed E-state index contributed by atoms with van der Waals surface area (Å²) >= 11 is 8.11. The topological polar surface area (TPSA) is 52.9 Å². The van der Waals surface area contributed by atoms with Crippen molar-refractivity contribution in [2.75, 3.05) is 0 Å². The average Bonchev–Trinajstić information content (AvgIpc) is 3.06. The van der Waals surface area contributed by atoms with Crippen LogP contribution in [0.2, 0.25) is 0 Å². The average molecular weight is 558 g/mol.